The first kappa shape index (κ1) is 20.2. The predicted octanol–water partition coefficient (Wildman–Crippen LogP) is 3.66. The van der Waals surface area contributed by atoms with Crippen LogP contribution in [0.2, 0.25) is 5.02 Å². The number of carbonyl (C=O) groups is 1. The summed E-state index contributed by atoms with van der Waals surface area (Å²) in [5, 5.41) is 4.08. The molecule has 6 nitrogen and oxygen atoms in total. The van der Waals surface area contributed by atoms with Gasteiger partial charge in [0, 0.05) is 30.9 Å². The highest BCUT2D eigenvalue weighted by atomic mass is 35.5. The van der Waals surface area contributed by atoms with Crippen molar-refractivity contribution in [2.24, 2.45) is 5.73 Å². The summed E-state index contributed by atoms with van der Waals surface area (Å²) in [6.45, 7) is 1.97. The molecule has 0 saturated carbocycles. The number of halogens is 1. The van der Waals surface area contributed by atoms with Crippen LogP contribution >= 0.6 is 11.6 Å². The highest BCUT2D eigenvalue weighted by Crippen LogP contribution is 2.33. The molecule has 0 radical (unpaired) electrons. The molecule has 30 heavy (non-hydrogen) atoms. The summed E-state index contributed by atoms with van der Waals surface area (Å²) in [5.74, 6) is 0.641. The molecule has 0 aliphatic carbocycles. The van der Waals surface area contributed by atoms with Crippen LogP contribution in [0.1, 0.15) is 5.56 Å². The van der Waals surface area contributed by atoms with Crippen LogP contribution in [0.4, 0.5) is 4.79 Å². The molecule has 1 saturated heterocycles. The van der Waals surface area contributed by atoms with Gasteiger partial charge in [-0.3, -0.25) is 4.98 Å². The lowest BCUT2D eigenvalue weighted by molar-refractivity contribution is 0.0468. The summed E-state index contributed by atoms with van der Waals surface area (Å²) in [6, 6.07) is 19.0. The number of primary amides is 1. The first-order valence-electron chi connectivity index (χ1n) is 9.76. The van der Waals surface area contributed by atoms with E-state index in [0.717, 1.165) is 16.7 Å². The van der Waals surface area contributed by atoms with Crippen LogP contribution in [0.25, 0.3) is 11.1 Å². The van der Waals surface area contributed by atoms with Crippen molar-refractivity contribution in [3.8, 4) is 16.9 Å². The molecule has 1 unspecified atom stereocenters. The van der Waals surface area contributed by atoms with Gasteiger partial charge in [-0.15, -0.1) is 0 Å². The average Bonchev–Trinajstić information content (AvgIpc) is 2.78. The Morgan fingerprint density at radius 3 is 2.70 bits per heavy atom. The van der Waals surface area contributed by atoms with E-state index in [4.69, 9.17) is 22.1 Å². The topological polar surface area (TPSA) is 80.5 Å². The second-order valence-electron chi connectivity index (χ2n) is 7.26. The number of ether oxygens (including phenoxy) is 1. The molecule has 3 aromatic rings. The lowest BCUT2D eigenvalue weighted by Crippen LogP contribution is -2.64. The maximum Gasteiger partial charge on any atom is 0.315 e. The van der Waals surface area contributed by atoms with Crippen molar-refractivity contribution >= 4 is 17.6 Å². The largest absolute Gasteiger partial charge is 0.489 e. The normalized spacial score (nSPS) is 18.8. The third-order valence-electron chi connectivity index (χ3n) is 5.40. The average molecular weight is 423 g/mol. The molecule has 1 aromatic heterocycles. The van der Waals surface area contributed by atoms with Crippen molar-refractivity contribution in [1.29, 1.82) is 0 Å². The summed E-state index contributed by atoms with van der Waals surface area (Å²) >= 11 is 6.14. The Hall–Kier alpha value is -3.09. The van der Waals surface area contributed by atoms with E-state index in [1.54, 1.807) is 17.3 Å². The van der Waals surface area contributed by atoms with E-state index in [2.05, 4.69) is 10.3 Å². The van der Waals surface area contributed by atoms with E-state index in [1.165, 1.54) is 0 Å². The van der Waals surface area contributed by atoms with Gasteiger partial charge in [-0.1, -0.05) is 48.0 Å². The van der Waals surface area contributed by atoms with Gasteiger partial charge in [-0.05, 0) is 41.0 Å². The minimum absolute atomic E-state index is 0.255. The zero-order chi connectivity index (χ0) is 21.0. The number of hydrogen-bond donors (Lipinski definition) is 2. The molecule has 3 N–H and O–H groups in total. The van der Waals surface area contributed by atoms with Gasteiger partial charge in [0.15, 0.2) is 0 Å². The number of nitrogens with one attached hydrogen (secondary N) is 1. The summed E-state index contributed by atoms with van der Waals surface area (Å²) in [7, 11) is 0. The Balaban J connectivity index is 1.69. The molecule has 2 amide bonds. The zero-order valence-electron chi connectivity index (χ0n) is 16.4. The van der Waals surface area contributed by atoms with Crippen LogP contribution in [0.3, 0.4) is 0 Å². The van der Waals surface area contributed by atoms with E-state index in [1.807, 2.05) is 60.7 Å². The van der Waals surface area contributed by atoms with Crippen molar-refractivity contribution in [1.82, 2.24) is 15.2 Å². The van der Waals surface area contributed by atoms with Crippen LogP contribution in [-0.2, 0) is 5.54 Å². The van der Waals surface area contributed by atoms with E-state index in [0.29, 0.717) is 30.4 Å². The third kappa shape index (κ3) is 4.10. The molecule has 0 spiro atoms. The molecule has 2 heterocycles. The lowest BCUT2D eigenvalue weighted by atomic mass is 9.86. The fraction of sp³-hybridized carbons (Fsp3) is 0.217. The molecule has 4 rings (SSSR count). The molecule has 1 aliphatic rings. The summed E-state index contributed by atoms with van der Waals surface area (Å²) in [4.78, 5) is 18.1. The maximum atomic E-state index is 12.3. The highest BCUT2D eigenvalue weighted by Gasteiger charge is 2.43. The first-order chi connectivity index (χ1) is 14.6. The Labute approximate surface area is 180 Å². The minimum Gasteiger partial charge on any atom is -0.489 e. The standard InChI is InChI=1S/C23H23ClN4O2/c24-20-4-1-3-18(13-20)17-6-8-19(9-7-17)23(15-27-11-12-28(23)22(25)29)16-30-21-5-2-10-26-14-21/h1-10,13-14,27H,11-12,15-16H2,(H2,25,29). The number of pyridine rings is 1. The Morgan fingerprint density at radius 1 is 1.17 bits per heavy atom. The number of nitrogens with two attached hydrogens (primary N) is 1. The van der Waals surface area contributed by atoms with Crippen LogP contribution in [-0.4, -0.2) is 42.2 Å². The van der Waals surface area contributed by atoms with Crippen molar-refractivity contribution in [2.45, 2.75) is 5.54 Å². The molecular weight excluding hydrogens is 400 g/mol. The molecule has 2 aromatic carbocycles. The molecular formula is C23H23ClN4O2. The van der Waals surface area contributed by atoms with E-state index in [9.17, 15) is 4.79 Å². The number of nitrogens with zero attached hydrogens (tertiary/aromatic N) is 2. The van der Waals surface area contributed by atoms with E-state index in [-0.39, 0.29) is 6.61 Å². The van der Waals surface area contributed by atoms with Gasteiger partial charge in [0.1, 0.15) is 17.9 Å². The Morgan fingerprint density at radius 2 is 2.00 bits per heavy atom. The van der Waals surface area contributed by atoms with Gasteiger partial charge in [0.05, 0.1) is 6.20 Å². The van der Waals surface area contributed by atoms with Crippen LogP contribution < -0.4 is 15.8 Å². The van der Waals surface area contributed by atoms with Gasteiger partial charge in [-0.2, -0.15) is 0 Å². The third-order valence-corrected chi connectivity index (χ3v) is 5.64. The van der Waals surface area contributed by atoms with Gasteiger partial charge in [0.2, 0.25) is 0 Å². The molecule has 7 heteroatoms. The smallest absolute Gasteiger partial charge is 0.315 e. The number of amides is 2. The molecule has 0 bridgehead atoms. The van der Waals surface area contributed by atoms with Crippen molar-refractivity contribution in [3.63, 3.8) is 0 Å². The molecule has 1 atom stereocenters. The van der Waals surface area contributed by atoms with Crippen LogP contribution in [0, 0.1) is 0 Å². The van der Waals surface area contributed by atoms with Gasteiger partial charge < -0.3 is 20.7 Å². The SMILES string of the molecule is NC(=O)N1CCNCC1(COc1cccnc1)c1ccc(-c2cccc(Cl)c2)cc1. The van der Waals surface area contributed by atoms with Crippen molar-refractivity contribution in [3.05, 3.63) is 83.6 Å². The highest BCUT2D eigenvalue weighted by molar-refractivity contribution is 6.30. The number of carbonyl (C=O) groups excluding carboxylic acids is 1. The summed E-state index contributed by atoms with van der Waals surface area (Å²) < 4.78 is 6.04. The number of urea groups is 1. The number of piperazine rings is 1. The monoisotopic (exact) mass is 422 g/mol. The maximum absolute atomic E-state index is 12.3. The molecule has 1 fully saturated rings. The first-order valence-corrected chi connectivity index (χ1v) is 10.1. The number of aromatic nitrogens is 1. The Kier molecular flexibility index (Phi) is 5.88. The summed E-state index contributed by atoms with van der Waals surface area (Å²) in [6.07, 6.45) is 3.34. The van der Waals surface area contributed by atoms with Gasteiger partial charge in [0.25, 0.3) is 0 Å². The molecule has 1 aliphatic heterocycles. The number of benzene rings is 2. The van der Waals surface area contributed by atoms with Gasteiger partial charge >= 0.3 is 6.03 Å². The number of hydrogen-bond acceptors (Lipinski definition) is 4. The molecule has 154 valence electrons. The fourth-order valence-corrected chi connectivity index (χ4v) is 4.05. The lowest BCUT2D eigenvalue weighted by Gasteiger charge is -2.46. The minimum atomic E-state index is -0.729. The summed E-state index contributed by atoms with van der Waals surface area (Å²) in [5.41, 5.74) is 8.05. The van der Waals surface area contributed by atoms with E-state index >= 15 is 0 Å². The van der Waals surface area contributed by atoms with Crippen molar-refractivity contribution < 1.29 is 9.53 Å². The van der Waals surface area contributed by atoms with Crippen LogP contribution in [0.5, 0.6) is 5.75 Å². The second-order valence-corrected chi connectivity index (χ2v) is 7.70. The fourth-order valence-electron chi connectivity index (χ4n) is 3.86. The Bertz CT molecular complexity index is 1010. The van der Waals surface area contributed by atoms with Crippen molar-refractivity contribution in [2.75, 3.05) is 26.2 Å². The predicted molar refractivity (Wildman–Crippen MR) is 117 cm³/mol. The second kappa shape index (κ2) is 8.73. The van der Waals surface area contributed by atoms with Crippen LogP contribution in [0.15, 0.2) is 73.1 Å². The quantitative estimate of drug-likeness (QED) is 0.657. The number of rotatable bonds is 5. The van der Waals surface area contributed by atoms with E-state index < -0.39 is 11.6 Å². The zero-order valence-corrected chi connectivity index (χ0v) is 17.2. The van der Waals surface area contributed by atoms with Gasteiger partial charge in [-0.25, -0.2) is 4.79 Å².